The zero-order chi connectivity index (χ0) is 12.3. The van der Waals surface area contributed by atoms with E-state index in [1.807, 2.05) is 0 Å². The molecule has 0 bridgehead atoms. The van der Waals surface area contributed by atoms with E-state index < -0.39 is 0 Å². The van der Waals surface area contributed by atoms with Crippen LogP contribution in [0.3, 0.4) is 0 Å². The minimum absolute atomic E-state index is 0.189. The SMILES string of the molecule is OC1CCCC1CNCc1cc(F)ccc1Cl. The van der Waals surface area contributed by atoms with Crippen molar-refractivity contribution >= 4 is 11.6 Å². The molecule has 0 radical (unpaired) electrons. The van der Waals surface area contributed by atoms with Crippen LogP contribution in [0, 0.1) is 11.7 Å². The molecule has 1 aromatic rings. The highest BCUT2D eigenvalue weighted by molar-refractivity contribution is 6.31. The van der Waals surface area contributed by atoms with Crippen molar-refractivity contribution in [3.05, 3.63) is 34.6 Å². The Labute approximate surface area is 106 Å². The van der Waals surface area contributed by atoms with Gasteiger partial charge in [-0.1, -0.05) is 18.0 Å². The lowest BCUT2D eigenvalue weighted by atomic mass is 10.1. The molecule has 1 aliphatic carbocycles. The number of halogens is 2. The van der Waals surface area contributed by atoms with Crippen molar-refractivity contribution in [2.75, 3.05) is 6.54 Å². The normalized spacial score (nSPS) is 24.2. The maximum atomic E-state index is 13.0. The Hall–Kier alpha value is -0.640. The highest BCUT2D eigenvalue weighted by Gasteiger charge is 2.24. The van der Waals surface area contributed by atoms with Crippen LogP contribution >= 0.6 is 11.6 Å². The summed E-state index contributed by atoms with van der Waals surface area (Å²) in [6.07, 6.45) is 2.86. The molecule has 17 heavy (non-hydrogen) atoms. The molecule has 0 amide bonds. The van der Waals surface area contributed by atoms with Crippen LogP contribution in [-0.2, 0) is 6.54 Å². The van der Waals surface area contributed by atoms with Gasteiger partial charge in [0.25, 0.3) is 0 Å². The highest BCUT2D eigenvalue weighted by Crippen LogP contribution is 2.25. The second kappa shape index (κ2) is 5.80. The summed E-state index contributed by atoms with van der Waals surface area (Å²) in [5, 5.41) is 13.5. The van der Waals surface area contributed by atoms with Gasteiger partial charge in [-0.05, 0) is 42.5 Å². The smallest absolute Gasteiger partial charge is 0.123 e. The molecule has 2 N–H and O–H groups in total. The molecule has 2 rings (SSSR count). The molecular formula is C13H17ClFNO. The number of aliphatic hydroxyl groups is 1. The van der Waals surface area contributed by atoms with Gasteiger partial charge in [0.2, 0.25) is 0 Å². The zero-order valence-electron chi connectivity index (χ0n) is 9.63. The van der Waals surface area contributed by atoms with E-state index in [2.05, 4.69) is 5.32 Å². The number of benzene rings is 1. The first-order valence-corrected chi connectivity index (χ1v) is 6.37. The monoisotopic (exact) mass is 257 g/mol. The zero-order valence-corrected chi connectivity index (χ0v) is 10.4. The van der Waals surface area contributed by atoms with Gasteiger partial charge < -0.3 is 10.4 Å². The molecule has 1 saturated carbocycles. The molecule has 0 aliphatic heterocycles. The average molecular weight is 258 g/mol. The Morgan fingerprint density at radius 3 is 2.94 bits per heavy atom. The molecule has 4 heteroatoms. The third-order valence-corrected chi connectivity index (χ3v) is 3.72. The summed E-state index contributed by atoms with van der Waals surface area (Å²) < 4.78 is 13.0. The lowest BCUT2D eigenvalue weighted by Crippen LogP contribution is -2.27. The first-order valence-electron chi connectivity index (χ1n) is 5.99. The Kier molecular flexibility index (Phi) is 4.37. The van der Waals surface area contributed by atoms with Crippen LogP contribution in [0.2, 0.25) is 5.02 Å². The van der Waals surface area contributed by atoms with Crippen LogP contribution in [0.1, 0.15) is 24.8 Å². The third-order valence-electron chi connectivity index (χ3n) is 3.35. The molecule has 1 fully saturated rings. The summed E-state index contributed by atoms with van der Waals surface area (Å²) in [5.74, 6) is 0.0504. The van der Waals surface area contributed by atoms with Gasteiger partial charge in [0.05, 0.1) is 6.10 Å². The van der Waals surface area contributed by atoms with Crippen molar-refractivity contribution in [2.24, 2.45) is 5.92 Å². The molecule has 0 spiro atoms. The van der Waals surface area contributed by atoms with E-state index in [0.717, 1.165) is 31.4 Å². The summed E-state index contributed by atoms with van der Waals surface area (Å²) in [6, 6.07) is 4.37. The van der Waals surface area contributed by atoms with Crippen molar-refractivity contribution in [1.29, 1.82) is 0 Å². The standard InChI is InChI=1S/C13H17ClFNO/c14-12-5-4-11(15)6-10(12)8-16-7-9-2-1-3-13(9)17/h4-6,9,13,16-17H,1-3,7-8H2. The number of hydrogen-bond acceptors (Lipinski definition) is 2. The summed E-state index contributed by atoms with van der Waals surface area (Å²) in [7, 11) is 0. The van der Waals surface area contributed by atoms with Gasteiger partial charge in [0, 0.05) is 18.1 Å². The maximum Gasteiger partial charge on any atom is 0.123 e. The Bertz CT molecular complexity index is 386. The van der Waals surface area contributed by atoms with E-state index in [-0.39, 0.29) is 11.9 Å². The number of aliphatic hydroxyl groups excluding tert-OH is 1. The molecular weight excluding hydrogens is 241 g/mol. The Morgan fingerprint density at radius 1 is 1.41 bits per heavy atom. The molecule has 1 aliphatic rings. The highest BCUT2D eigenvalue weighted by atomic mass is 35.5. The van der Waals surface area contributed by atoms with Gasteiger partial charge >= 0.3 is 0 Å². The molecule has 2 atom stereocenters. The summed E-state index contributed by atoms with van der Waals surface area (Å²) >= 11 is 5.96. The lowest BCUT2D eigenvalue weighted by molar-refractivity contribution is 0.131. The van der Waals surface area contributed by atoms with Crippen LogP contribution in [0.15, 0.2) is 18.2 Å². The molecule has 94 valence electrons. The molecule has 0 aromatic heterocycles. The second-order valence-electron chi connectivity index (χ2n) is 4.62. The van der Waals surface area contributed by atoms with E-state index in [4.69, 9.17) is 11.6 Å². The van der Waals surface area contributed by atoms with Crippen LogP contribution in [0.5, 0.6) is 0 Å². The fourth-order valence-electron chi connectivity index (χ4n) is 2.33. The first-order chi connectivity index (χ1) is 8.16. The topological polar surface area (TPSA) is 32.3 Å². The van der Waals surface area contributed by atoms with E-state index in [1.165, 1.54) is 12.1 Å². The van der Waals surface area contributed by atoms with Crippen LogP contribution in [0.4, 0.5) is 4.39 Å². The van der Waals surface area contributed by atoms with Crippen molar-refractivity contribution in [3.8, 4) is 0 Å². The molecule has 1 aromatic carbocycles. The third kappa shape index (κ3) is 3.41. The van der Waals surface area contributed by atoms with Crippen LogP contribution in [-0.4, -0.2) is 17.8 Å². The predicted molar refractivity (Wildman–Crippen MR) is 66.5 cm³/mol. The number of nitrogens with one attached hydrogen (secondary N) is 1. The van der Waals surface area contributed by atoms with E-state index in [9.17, 15) is 9.50 Å². The minimum Gasteiger partial charge on any atom is -0.393 e. The second-order valence-corrected chi connectivity index (χ2v) is 5.03. The van der Waals surface area contributed by atoms with Crippen LogP contribution in [0.25, 0.3) is 0 Å². The molecule has 2 nitrogen and oxygen atoms in total. The molecule has 2 unspecified atom stereocenters. The van der Waals surface area contributed by atoms with Crippen molar-refractivity contribution in [3.63, 3.8) is 0 Å². The Balaban J connectivity index is 1.83. The van der Waals surface area contributed by atoms with Gasteiger partial charge in [0.15, 0.2) is 0 Å². The maximum absolute atomic E-state index is 13.0. The molecule has 0 saturated heterocycles. The van der Waals surface area contributed by atoms with Gasteiger partial charge in [-0.3, -0.25) is 0 Å². The largest absolute Gasteiger partial charge is 0.393 e. The van der Waals surface area contributed by atoms with Gasteiger partial charge in [-0.25, -0.2) is 4.39 Å². The molecule has 0 heterocycles. The van der Waals surface area contributed by atoms with Crippen molar-refractivity contribution in [2.45, 2.75) is 31.9 Å². The summed E-state index contributed by atoms with van der Waals surface area (Å²) in [5.41, 5.74) is 0.763. The number of hydrogen-bond donors (Lipinski definition) is 2. The fraction of sp³-hybridized carbons (Fsp3) is 0.538. The van der Waals surface area contributed by atoms with Gasteiger partial charge in [0.1, 0.15) is 5.82 Å². The Morgan fingerprint density at radius 2 is 2.24 bits per heavy atom. The predicted octanol–water partition coefficient (Wildman–Crippen LogP) is 2.73. The number of rotatable bonds is 4. The minimum atomic E-state index is -0.271. The van der Waals surface area contributed by atoms with Gasteiger partial charge in [-0.15, -0.1) is 0 Å². The van der Waals surface area contributed by atoms with Crippen LogP contribution < -0.4 is 5.32 Å². The quantitative estimate of drug-likeness (QED) is 0.869. The van der Waals surface area contributed by atoms with E-state index in [0.29, 0.717) is 17.5 Å². The summed E-state index contributed by atoms with van der Waals surface area (Å²) in [6.45, 7) is 1.30. The average Bonchev–Trinajstić information content (AvgIpc) is 2.70. The summed E-state index contributed by atoms with van der Waals surface area (Å²) in [4.78, 5) is 0. The first kappa shape index (κ1) is 12.8. The van der Waals surface area contributed by atoms with E-state index in [1.54, 1.807) is 6.07 Å². The van der Waals surface area contributed by atoms with Crippen molar-refractivity contribution in [1.82, 2.24) is 5.32 Å². The van der Waals surface area contributed by atoms with Crippen molar-refractivity contribution < 1.29 is 9.50 Å². The lowest BCUT2D eigenvalue weighted by Gasteiger charge is -2.15. The fourth-order valence-corrected chi connectivity index (χ4v) is 2.51. The van der Waals surface area contributed by atoms with E-state index >= 15 is 0 Å². The van der Waals surface area contributed by atoms with Gasteiger partial charge in [-0.2, -0.15) is 0 Å².